The Morgan fingerprint density at radius 1 is 0.947 bits per heavy atom. The maximum Gasteiger partial charge on any atom is 0.305 e. The van der Waals surface area contributed by atoms with E-state index in [1.54, 1.807) is 7.11 Å². The summed E-state index contributed by atoms with van der Waals surface area (Å²) in [4.78, 5) is 13.9. The number of ether oxygens (including phenoxy) is 3. The van der Waals surface area contributed by atoms with Crippen LogP contribution in [0.1, 0.15) is 56.9 Å². The summed E-state index contributed by atoms with van der Waals surface area (Å²) in [5.74, 6) is 0.961. The van der Waals surface area contributed by atoms with Gasteiger partial charge in [-0.2, -0.15) is 0 Å². The molecule has 1 N–H and O–H groups in total. The molecule has 0 amide bonds. The molecule has 0 unspecified atom stereocenters. The van der Waals surface area contributed by atoms with Gasteiger partial charge < -0.3 is 19.3 Å². The first kappa shape index (κ1) is 28.3. The molecule has 2 aliphatic rings. The molecule has 0 radical (unpaired) electrons. The Kier molecular flexibility index (Phi) is 10.8. The number of aliphatic hydroxyl groups is 1. The standard InChI is InChI=1S/C32H43NO5/c1-36-27-18-16-26(17-19-27)25-14-12-24(13-15-25)23-38-30-22-29(34)32(33-20-8-5-9-21-33)28(30)10-6-3-4-7-11-31(35)37-2/h3-4,12-19,28-30,32,34H,5-11,20-23H2,1-2H3/t28-,29-,30-,32+/m0/s1. The summed E-state index contributed by atoms with van der Waals surface area (Å²) >= 11 is 0. The fraction of sp³-hybridized carbons (Fsp3) is 0.531. The lowest BCUT2D eigenvalue weighted by Gasteiger charge is -2.38. The lowest BCUT2D eigenvalue weighted by atomic mass is 9.92. The van der Waals surface area contributed by atoms with Crippen molar-refractivity contribution in [2.75, 3.05) is 27.3 Å². The molecule has 4 rings (SSSR count). The van der Waals surface area contributed by atoms with Gasteiger partial charge in [-0.15, -0.1) is 0 Å². The number of nitrogens with zero attached hydrogens (tertiary/aromatic N) is 1. The molecule has 1 saturated heterocycles. The Labute approximate surface area is 227 Å². The van der Waals surface area contributed by atoms with E-state index in [2.05, 4.69) is 53.5 Å². The third-order valence-corrected chi connectivity index (χ3v) is 8.01. The fourth-order valence-electron chi connectivity index (χ4n) is 5.94. The van der Waals surface area contributed by atoms with Gasteiger partial charge >= 0.3 is 5.97 Å². The molecule has 1 saturated carbocycles. The molecular formula is C32H43NO5. The van der Waals surface area contributed by atoms with Crippen LogP contribution in [0.5, 0.6) is 5.75 Å². The van der Waals surface area contributed by atoms with Crippen molar-refractivity contribution >= 4 is 5.97 Å². The molecule has 2 aromatic rings. The van der Waals surface area contributed by atoms with Gasteiger partial charge in [0, 0.05) is 24.8 Å². The van der Waals surface area contributed by atoms with Crippen molar-refractivity contribution in [2.24, 2.45) is 5.92 Å². The SMILES string of the molecule is COC(=O)CCC=CCC[C@@H]1[C@@H](N2CCCCC2)[C@@H](O)C[C@@H]1OCc1ccc(-c2ccc(OC)cc2)cc1. The van der Waals surface area contributed by atoms with Crippen LogP contribution in [0.4, 0.5) is 0 Å². The maximum atomic E-state index is 11.3. The summed E-state index contributed by atoms with van der Waals surface area (Å²) in [5.41, 5.74) is 3.45. The second kappa shape index (κ2) is 14.5. The summed E-state index contributed by atoms with van der Waals surface area (Å²) in [6.45, 7) is 2.66. The molecule has 0 aromatic heterocycles. The van der Waals surface area contributed by atoms with E-state index in [1.807, 2.05) is 12.1 Å². The van der Waals surface area contributed by atoms with E-state index < -0.39 is 0 Å². The average Bonchev–Trinajstić information content (AvgIpc) is 3.28. The number of carbonyl (C=O) groups excluding carboxylic acids is 1. The van der Waals surface area contributed by atoms with Crippen LogP contribution in [0.15, 0.2) is 60.7 Å². The Hall–Kier alpha value is -2.67. The number of allylic oxidation sites excluding steroid dienone is 2. The summed E-state index contributed by atoms with van der Waals surface area (Å²) in [6.07, 6.45) is 11.3. The van der Waals surface area contributed by atoms with E-state index in [0.717, 1.165) is 48.4 Å². The lowest BCUT2D eigenvalue weighted by Crippen LogP contribution is -2.47. The third kappa shape index (κ3) is 7.68. The Bertz CT molecular complexity index is 1010. The van der Waals surface area contributed by atoms with Crippen LogP contribution in [0, 0.1) is 5.92 Å². The fourth-order valence-corrected chi connectivity index (χ4v) is 5.94. The summed E-state index contributed by atoms with van der Waals surface area (Å²) < 4.78 is 16.5. The predicted octanol–water partition coefficient (Wildman–Crippen LogP) is 5.77. The molecule has 0 spiro atoms. The van der Waals surface area contributed by atoms with Gasteiger partial charge in [-0.05, 0) is 74.0 Å². The summed E-state index contributed by atoms with van der Waals surface area (Å²) in [6, 6.07) is 16.8. The minimum Gasteiger partial charge on any atom is -0.497 e. The molecule has 0 bridgehead atoms. The number of rotatable bonds is 12. The van der Waals surface area contributed by atoms with Gasteiger partial charge in [-0.1, -0.05) is 55.0 Å². The highest BCUT2D eigenvalue weighted by atomic mass is 16.5. The third-order valence-electron chi connectivity index (χ3n) is 8.01. The Morgan fingerprint density at radius 3 is 2.26 bits per heavy atom. The van der Waals surface area contributed by atoms with Gasteiger partial charge in [0.05, 0.1) is 33.0 Å². The lowest BCUT2D eigenvalue weighted by molar-refractivity contribution is -0.140. The van der Waals surface area contributed by atoms with Crippen molar-refractivity contribution in [3.8, 4) is 16.9 Å². The van der Waals surface area contributed by atoms with Crippen molar-refractivity contribution in [3.05, 3.63) is 66.2 Å². The second-order valence-corrected chi connectivity index (χ2v) is 10.5. The molecule has 4 atom stereocenters. The number of aliphatic hydroxyl groups excluding tert-OH is 1. The molecule has 206 valence electrons. The van der Waals surface area contributed by atoms with Gasteiger partial charge in [0.15, 0.2) is 0 Å². The minimum absolute atomic E-state index is 0.0293. The first-order chi connectivity index (χ1) is 18.6. The van der Waals surface area contributed by atoms with Crippen molar-refractivity contribution < 1.29 is 24.1 Å². The number of hydrogen-bond donors (Lipinski definition) is 1. The van der Waals surface area contributed by atoms with Crippen LogP contribution in [0.2, 0.25) is 0 Å². The van der Waals surface area contributed by atoms with Crippen molar-refractivity contribution in [1.82, 2.24) is 4.90 Å². The number of benzene rings is 2. The van der Waals surface area contributed by atoms with Gasteiger partial charge in [-0.3, -0.25) is 9.69 Å². The van der Waals surface area contributed by atoms with Crippen LogP contribution in [-0.2, 0) is 20.9 Å². The van der Waals surface area contributed by atoms with Crippen molar-refractivity contribution in [2.45, 2.75) is 76.2 Å². The van der Waals surface area contributed by atoms with Crippen molar-refractivity contribution in [3.63, 3.8) is 0 Å². The number of likely N-dealkylation sites (tertiary alicyclic amines) is 1. The van der Waals surface area contributed by atoms with Gasteiger partial charge in [0.2, 0.25) is 0 Å². The monoisotopic (exact) mass is 521 g/mol. The molecule has 38 heavy (non-hydrogen) atoms. The topological polar surface area (TPSA) is 68.2 Å². The van der Waals surface area contributed by atoms with Crippen LogP contribution < -0.4 is 4.74 Å². The quantitative estimate of drug-likeness (QED) is 0.282. The zero-order chi connectivity index (χ0) is 26.7. The summed E-state index contributed by atoms with van der Waals surface area (Å²) in [5, 5.41) is 11.1. The highest BCUT2D eigenvalue weighted by Crippen LogP contribution is 2.38. The molecule has 1 heterocycles. The molecule has 2 aromatic carbocycles. The number of piperidine rings is 1. The highest BCUT2D eigenvalue weighted by Gasteiger charge is 2.45. The van der Waals surface area contributed by atoms with Crippen LogP contribution in [-0.4, -0.2) is 61.5 Å². The maximum absolute atomic E-state index is 11.3. The van der Waals surface area contributed by atoms with Crippen LogP contribution >= 0.6 is 0 Å². The van der Waals surface area contributed by atoms with E-state index in [4.69, 9.17) is 14.2 Å². The predicted molar refractivity (Wildman–Crippen MR) is 150 cm³/mol. The molecule has 6 nitrogen and oxygen atoms in total. The van der Waals surface area contributed by atoms with E-state index in [9.17, 15) is 9.90 Å². The zero-order valence-corrected chi connectivity index (χ0v) is 22.9. The first-order valence-electron chi connectivity index (χ1n) is 14.1. The number of carbonyl (C=O) groups is 1. The molecule has 6 heteroatoms. The minimum atomic E-state index is -0.358. The molecular weight excluding hydrogens is 478 g/mol. The van der Waals surface area contributed by atoms with E-state index in [1.165, 1.54) is 26.4 Å². The molecule has 2 fully saturated rings. The molecule has 1 aliphatic heterocycles. The van der Waals surface area contributed by atoms with Crippen molar-refractivity contribution in [1.29, 1.82) is 0 Å². The molecule has 1 aliphatic carbocycles. The number of methoxy groups -OCH3 is 2. The van der Waals surface area contributed by atoms with Crippen LogP contribution in [0.3, 0.4) is 0 Å². The Balaban J connectivity index is 1.36. The van der Waals surface area contributed by atoms with Gasteiger partial charge in [-0.25, -0.2) is 0 Å². The van der Waals surface area contributed by atoms with E-state index in [0.29, 0.717) is 25.9 Å². The number of hydrogen-bond acceptors (Lipinski definition) is 6. The average molecular weight is 522 g/mol. The Morgan fingerprint density at radius 2 is 1.61 bits per heavy atom. The van der Waals surface area contributed by atoms with E-state index >= 15 is 0 Å². The largest absolute Gasteiger partial charge is 0.497 e. The normalized spacial score (nSPS) is 24.1. The smallest absolute Gasteiger partial charge is 0.305 e. The van der Waals surface area contributed by atoms with Crippen LogP contribution in [0.25, 0.3) is 11.1 Å². The number of esters is 1. The second-order valence-electron chi connectivity index (χ2n) is 10.5. The first-order valence-corrected chi connectivity index (χ1v) is 14.1. The van der Waals surface area contributed by atoms with Gasteiger partial charge in [0.25, 0.3) is 0 Å². The highest BCUT2D eigenvalue weighted by molar-refractivity contribution is 5.69. The zero-order valence-electron chi connectivity index (χ0n) is 22.9. The summed E-state index contributed by atoms with van der Waals surface area (Å²) in [7, 11) is 3.10. The van der Waals surface area contributed by atoms with E-state index in [-0.39, 0.29) is 30.1 Å². The van der Waals surface area contributed by atoms with Gasteiger partial charge in [0.1, 0.15) is 5.75 Å².